The second-order valence-corrected chi connectivity index (χ2v) is 8.50. The highest BCUT2D eigenvalue weighted by Crippen LogP contribution is 2.30. The van der Waals surface area contributed by atoms with Gasteiger partial charge in [-0.15, -0.1) is 11.8 Å². The Bertz CT molecular complexity index is 1030. The van der Waals surface area contributed by atoms with E-state index >= 15 is 0 Å². The lowest BCUT2D eigenvalue weighted by atomic mass is 10.1. The van der Waals surface area contributed by atoms with E-state index in [-0.39, 0.29) is 24.2 Å². The second kappa shape index (κ2) is 7.32. The van der Waals surface area contributed by atoms with Crippen LogP contribution in [0.25, 0.3) is 10.2 Å². The van der Waals surface area contributed by atoms with Crippen molar-refractivity contribution in [2.45, 2.75) is 18.2 Å². The van der Waals surface area contributed by atoms with Crippen LogP contribution >= 0.6 is 23.1 Å². The van der Waals surface area contributed by atoms with Gasteiger partial charge < -0.3 is 10.2 Å². The van der Waals surface area contributed by atoms with Crippen molar-refractivity contribution >= 4 is 55.9 Å². The molecular formula is C20H19N3O2S2. The Morgan fingerprint density at radius 3 is 2.96 bits per heavy atom. The molecule has 5 nitrogen and oxygen atoms in total. The van der Waals surface area contributed by atoms with Gasteiger partial charge in [0.25, 0.3) is 0 Å². The first-order valence-electron chi connectivity index (χ1n) is 8.66. The fourth-order valence-corrected chi connectivity index (χ4v) is 4.62. The number of aryl methyl sites for hydroxylation is 1. The third kappa shape index (κ3) is 3.70. The predicted octanol–water partition coefficient (Wildman–Crippen LogP) is 4.32. The molecule has 1 aromatic heterocycles. The molecule has 0 bridgehead atoms. The predicted molar refractivity (Wildman–Crippen MR) is 112 cm³/mol. The lowest BCUT2D eigenvalue weighted by Gasteiger charge is -2.17. The van der Waals surface area contributed by atoms with Gasteiger partial charge in [0.1, 0.15) is 0 Å². The number of nitrogens with one attached hydrogen (secondary N) is 1. The van der Waals surface area contributed by atoms with Crippen LogP contribution in [0, 0.1) is 12.8 Å². The quantitative estimate of drug-likeness (QED) is 0.666. The van der Waals surface area contributed by atoms with Gasteiger partial charge in [0.2, 0.25) is 11.8 Å². The summed E-state index contributed by atoms with van der Waals surface area (Å²) in [7, 11) is 0. The molecule has 1 unspecified atom stereocenters. The highest BCUT2D eigenvalue weighted by molar-refractivity contribution is 7.98. The van der Waals surface area contributed by atoms with Crippen molar-refractivity contribution in [3.05, 3.63) is 48.0 Å². The van der Waals surface area contributed by atoms with Crippen LogP contribution in [0.1, 0.15) is 12.0 Å². The van der Waals surface area contributed by atoms with Crippen LogP contribution in [0.2, 0.25) is 0 Å². The zero-order chi connectivity index (χ0) is 19.0. The number of benzene rings is 2. The van der Waals surface area contributed by atoms with Crippen LogP contribution in [0.5, 0.6) is 0 Å². The van der Waals surface area contributed by atoms with Gasteiger partial charge in [-0.1, -0.05) is 23.5 Å². The maximum atomic E-state index is 12.7. The van der Waals surface area contributed by atoms with Gasteiger partial charge in [-0.25, -0.2) is 4.98 Å². The van der Waals surface area contributed by atoms with Gasteiger partial charge in [0, 0.05) is 23.5 Å². The topological polar surface area (TPSA) is 62.3 Å². The number of hydrogen-bond acceptors (Lipinski definition) is 5. The molecule has 0 saturated carbocycles. The molecule has 2 amide bonds. The lowest BCUT2D eigenvalue weighted by Crippen LogP contribution is -2.28. The van der Waals surface area contributed by atoms with Crippen molar-refractivity contribution < 1.29 is 9.59 Å². The Kier molecular flexibility index (Phi) is 4.88. The van der Waals surface area contributed by atoms with Crippen LogP contribution in [-0.4, -0.2) is 29.6 Å². The maximum Gasteiger partial charge on any atom is 0.231 e. The second-order valence-electron chi connectivity index (χ2n) is 6.59. The Morgan fingerprint density at radius 2 is 2.15 bits per heavy atom. The Hall–Kier alpha value is -2.38. The van der Waals surface area contributed by atoms with E-state index < -0.39 is 0 Å². The molecule has 2 heterocycles. The largest absolute Gasteiger partial charge is 0.312 e. The minimum atomic E-state index is -0.371. The van der Waals surface area contributed by atoms with E-state index in [1.165, 1.54) is 11.3 Å². The summed E-state index contributed by atoms with van der Waals surface area (Å²) in [4.78, 5) is 32.4. The minimum absolute atomic E-state index is 0.0201. The summed E-state index contributed by atoms with van der Waals surface area (Å²) in [6.07, 6.45) is 2.22. The summed E-state index contributed by atoms with van der Waals surface area (Å²) >= 11 is 3.09. The van der Waals surface area contributed by atoms with E-state index in [0.717, 1.165) is 26.4 Å². The number of rotatable bonds is 4. The summed E-state index contributed by atoms with van der Waals surface area (Å²) < 4.78 is 1.04. The third-order valence-corrected chi connectivity index (χ3v) is 6.29. The molecule has 1 fully saturated rings. The summed E-state index contributed by atoms with van der Waals surface area (Å²) in [6.45, 7) is 2.43. The van der Waals surface area contributed by atoms with Crippen molar-refractivity contribution in [1.29, 1.82) is 0 Å². The Balaban J connectivity index is 1.48. The van der Waals surface area contributed by atoms with Gasteiger partial charge >= 0.3 is 0 Å². The molecule has 0 spiro atoms. The summed E-state index contributed by atoms with van der Waals surface area (Å²) in [5.74, 6) is -0.542. The van der Waals surface area contributed by atoms with Crippen molar-refractivity contribution in [2.24, 2.45) is 5.92 Å². The molecule has 27 heavy (non-hydrogen) atoms. The van der Waals surface area contributed by atoms with E-state index in [2.05, 4.69) is 16.4 Å². The Morgan fingerprint density at radius 1 is 1.30 bits per heavy atom. The number of nitrogens with zero attached hydrogens (tertiary/aromatic N) is 2. The molecular weight excluding hydrogens is 378 g/mol. The highest BCUT2D eigenvalue weighted by atomic mass is 32.2. The van der Waals surface area contributed by atoms with Gasteiger partial charge in [-0.2, -0.15) is 0 Å². The number of aromatic nitrogens is 1. The monoisotopic (exact) mass is 397 g/mol. The number of hydrogen-bond donors (Lipinski definition) is 1. The van der Waals surface area contributed by atoms with E-state index in [9.17, 15) is 9.59 Å². The number of carbonyl (C=O) groups excluding carboxylic acids is 2. The molecule has 2 aromatic carbocycles. The normalized spacial score (nSPS) is 16.9. The first-order valence-corrected chi connectivity index (χ1v) is 10.7. The fraction of sp³-hybridized carbons (Fsp3) is 0.250. The molecule has 0 radical (unpaired) electrons. The number of thiazole rings is 1. The SMILES string of the molecule is CSc1cccc(N2CC(C(=O)Nc3nc4ccc(C)cc4s3)CC2=O)c1. The summed E-state index contributed by atoms with van der Waals surface area (Å²) in [5.41, 5.74) is 2.88. The van der Waals surface area contributed by atoms with Crippen LogP contribution in [0.4, 0.5) is 10.8 Å². The maximum absolute atomic E-state index is 12.7. The van der Waals surface area contributed by atoms with Crippen molar-refractivity contribution in [1.82, 2.24) is 4.98 Å². The van der Waals surface area contributed by atoms with Crippen LogP contribution in [-0.2, 0) is 9.59 Å². The van der Waals surface area contributed by atoms with Crippen LogP contribution < -0.4 is 10.2 Å². The van der Waals surface area contributed by atoms with Crippen LogP contribution in [0.15, 0.2) is 47.4 Å². The van der Waals surface area contributed by atoms with Gasteiger partial charge in [-0.3, -0.25) is 9.59 Å². The van der Waals surface area contributed by atoms with Gasteiger partial charge in [0.05, 0.1) is 16.1 Å². The fourth-order valence-electron chi connectivity index (χ4n) is 3.20. The molecule has 1 atom stereocenters. The van der Waals surface area contributed by atoms with E-state index in [1.807, 2.05) is 49.6 Å². The number of anilines is 2. The highest BCUT2D eigenvalue weighted by Gasteiger charge is 2.35. The van der Waals surface area contributed by atoms with E-state index in [0.29, 0.717) is 11.7 Å². The molecule has 0 aliphatic carbocycles. The average Bonchev–Trinajstić information content (AvgIpc) is 3.24. The van der Waals surface area contributed by atoms with E-state index in [1.54, 1.807) is 16.7 Å². The molecule has 1 N–H and O–H groups in total. The minimum Gasteiger partial charge on any atom is -0.312 e. The molecule has 3 aromatic rings. The number of thioether (sulfide) groups is 1. The number of fused-ring (bicyclic) bond motifs is 1. The van der Waals surface area contributed by atoms with E-state index in [4.69, 9.17) is 0 Å². The summed E-state index contributed by atoms with van der Waals surface area (Å²) in [5, 5.41) is 3.47. The lowest BCUT2D eigenvalue weighted by molar-refractivity contribution is -0.122. The third-order valence-electron chi connectivity index (χ3n) is 4.63. The Labute approximate surface area is 165 Å². The average molecular weight is 398 g/mol. The first kappa shape index (κ1) is 18.0. The first-order chi connectivity index (χ1) is 13.0. The number of amides is 2. The number of carbonyl (C=O) groups is 2. The zero-order valence-corrected chi connectivity index (χ0v) is 16.7. The smallest absolute Gasteiger partial charge is 0.231 e. The van der Waals surface area contributed by atoms with Crippen molar-refractivity contribution in [3.8, 4) is 0 Å². The molecule has 1 aliphatic rings. The molecule has 138 valence electrons. The van der Waals surface area contributed by atoms with Crippen molar-refractivity contribution in [3.63, 3.8) is 0 Å². The summed E-state index contributed by atoms with van der Waals surface area (Å²) in [6, 6.07) is 13.9. The zero-order valence-electron chi connectivity index (χ0n) is 15.1. The standard InChI is InChI=1S/C20H19N3O2S2/c1-12-6-7-16-17(8-12)27-20(21-16)22-19(25)13-9-18(24)23(11-13)14-4-3-5-15(10-14)26-2/h3-8,10,13H,9,11H2,1-2H3,(H,21,22,25). The molecule has 1 saturated heterocycles. The van der Waals surface area contributed by atoms with Crippen molar-refractivity contribution in [2.75, 3.05) is 23.0 Å². The van der Waals surface area contributed by atoms with Gasteiger partial charge in [0.15, 0.2) is 5.13 Å². The van der Waals surface area contributed by atoms with Gasteiger partial charge in [-0.05, 0) is 49.1 Å². The molecule has 4 rings (SSSR count). The van der Waals surface area contributed by atoms with Crippen LogP contribution in [0.3, 0.4) is 0 Å². The molecule has 1 aliphatic heterocycles. The molecule has 7 heteroatoms.